The Labute approximate surface area is 94.8 Å². The predicted octanol–water partition coefficient (Wildman–Crippen LogP) is 2.97. The van der Waals surface area contributed by atoms with Gasteiger partial charge in [0.25, 0.3) is 0 Å². The Morgan fingerprint density at radius 2 is 1.93 bits per heavy atom. The average molecular weight is 213 g/mol. The fourth-order valence-corrected chi connectivity index (χ4v) is 2.33. The van der Waals surface area contributed by atoms with Gasteiger partial charge in [-0.15, -0.1) is 0 Å². The molecule has 2 heteroatoms. The van der Waals surface area contributed by atoms with Crippen LogP contribution in [0, 0.1) is 5.92 Å². The number of rotatable bonds is 6. The Hall–Kier alpha value is -0.0800. The van der Waals surface area contributed by atoms with Gasteiger partial charge in [-0.05, 0) is 52.5 Å². The Balaban J connectivity index is 2.13. The zero-order valence-corrected chi connectivity index (χ0v) is 10.8. The van der Waals surface area contributed by atoms with Crippen molar-refractivity contribution in [3.8, 4) is 0 Å². The molecule has 1 atom stereocenters. The fourth-order valence-electron chi connectivity index (χ4n) is 2.33. The summed E-state index contributed by atoms with van der Waals surface area (Å²) in [5.74, 6) is 0.913. The van der Waals surface area contributed by atoms with Crippen molar-refractivity contribution >= 4 is 0 Å². The van der Waals surface area contributed by atoms with Gasteiger partial charge in [-0.2, -0.15) is 0 Å². The molecule has 0 aromatic rings. The first kappa shape index (κ1) is 13.0. The summed E-state index contributed by atoms with van der Waals surface area (Å²) < 4.78 is 5.40. The van der Waals surface area contributed by atoms with Crippen LogP contribution in [0.5, 0.6) is 0 Å². The van der Waals surface area contributed by atoms with Crippen LogP contribution in [0.4, 0.5) is 0 Å². The van der Waals surface area contributed by atoms with Crippen LogP contribution in [0.1, 0.15) is 52.9 Å². The van der Waals surface area contributed by atoms with Gasteiger partial charge in [-0.1, -0.05) is 12.8 Å². The third-order valence-electron chi connectivity index (χ3n) is 3.85. The van der Waals surface area contributed by atoms with E-state index in [-0.39, 0.29) is 5.60 Å². The third kappa shape index (κ3) is 4.52. The molecule has 0 aromatic carbocycles. The molecule has 15 heavy (non-hydrogen) atoms. The van der Waals surface area contributed by atoms with E-state index in [1.54, 1.807) is 7.11 Å². The van der Waals surface area contributed by atoms with Crippen LogP contribution in [-0.4, -0.2) is 25.3 Å². The average Bonchev–Trinajstić information content (AvgIpc) is 2.70. The summed E-state index contributed by atoms with van der Waals surface area (Å²) in [6.07, 6.45) is 6.78. The maximum atomic E-state index is 5.40. The number of methoxy groups -OCH3 is 1. The largest absolute Gasteiger partial charge is 0.379 e. The highest BCUT2D eigenvalue weighted by molar-refractivity contribution is 4.78. The van der Waals surface area contributed by atoms with Crippen LogP contribution in [0.3, 0.4) is 0 Å². The molecule has 0 heterocycles. The van der Waals surface area contributed by atoms with Crippen molar-refractivity contribution in [2.75, 3.05) is 13.7 Å². The number of ether oxygens (including phenoxy) is 1. The van der Waals surface area contributed by atoms with Crippen molar-refractivity contribution < 1.29 is 4.74 Å². The van der Waals surface area contributed by atoms with Crippen molar-refractivity contribution in [3.63, 3.8) is 0 Å². The molecule has 0 saturated heterocycles. The lowest BCUT2D eigenvalue weighted by atomic mass is 9.99. The Morgan fingerprint density at radius 3 is 2.47 bits per heavy atom. The molecule has 0 bridgehead atoms. The number of nitrogens with one attached hydrogen (secondary N) is 1. The van der Waals surface area contributed by atoms with Gasteiger partial charge in [0.2, 0.25) is 0 Å². The Kier molecular flexibility index (Phi) is 5.07. The van der Waals surface area contributed by atoms with Gasteiger partial charge in [0.05, 0.1) is 5.60 Å². The van der Waals surface area contributed by atoms with Crippen LogP contribution in [0.25, 0.3) is 0 Å². The summed E-state index contributed by atoms with van der Waals surface area (Å²) >= 11 is 0. The van der Waals surface area contributed by atoms with E-state index in [0.717, 1.165) is 18.9 Å². The highest BCUT2D eigenvalue weighted by Gasteiger charge is 2.22. The molecule has 1 aliphatic rings. The molecular formula is C13H27NO. The van der Waals surface area contributed by atoms with E-state index in [4.69, 9.17) is 4.74 Å². The molecule has 1 saturated carbocycles. The van der Waals surface area contributed by atoms with Crippen molar-refractivity contribution in [2.24, 2.45) is 5.92 Å². The molecule has 0 aromatic heterocycles. The van der Waals surface area contributed by atoms with Crippen LogP contribution in [-0.2, 0) is 4.74 Å². The molecule has 2 nitrogen and oxygen atoms in total. The van der Waals surface area contributed by atoms with Gasteiger partial charge in [0.15, 0.2) is 0 Å². The molecule has 1 rings (SSSR count). The molecule has 0 unspecified atom stereocenters. The lowest BCUT2D eigenvalue weighted by molar-refractivity contribution is 0.0151. The molecule has 1 aliphatic carbocycles. The van der Waals surface area contributed by atoms with Crippen LogP contribution < -0.4 is 5.32 Å². The van der Waals surface area contributed by atoms with Gasteiger partial charge < -0.3 is 10.1 Å². The van der Waals surface area contributed by atoms with Gasteiger partial charge in [-0.3, -0.25) is 0 Å². The second-order valence-electron chi connectivity index (χ2n) is 5.50. The second-order valence-corrected chi connectivity index (χ2v) is 5.50. The Bertz CT molecular complexity index is 173. The van der Waals surface area contributed by atoms with Crippen molar-refractivity contribution in [3.05, 3.63) is 0 Å². The minimum Gasteiger partial charge on any atom is -0.379 e. The van der Waals surface area contributed by atoms with Crippen LogP contribution >= 0.6 is 0 Å². The number of hydrogen-bond acceptors (Lipinski definition) is 2. The Morgan fingerprint density at radius 1 is 1.33 bits per heavy atom. The maximum Gasteiger partial charge on any atom is 0.0634 e. The summed E-state index contributed by atoms with van der Waals surface area (Å²) in [6.45, 7) is 7.69. The van der Waals surface area contributed by atoms with Crippen LogP contribution in [0.15, 0.2) is 0 Å². The van der Waals surface area contributed by atoms with Gasteiger partial charge in [-0.25, -0.2) is 0 Å². The SMILES string of the molecule is COC(C)(C)CCN[C@@H](C)C1CCCC1. The lowest BCUT2D eigenvalue weighted by Gasteiger charge is -2.26. The monoisotopic (exact) mass is 213 g/mol. The number of hydrogen-bond donors (Lipinski definition) is 1. The van der Waals surface area contributed by atoms with Crippen molar-refractivity contribution in [1.82, 2.24) is 5.32 Å². The molecule has 1 fully saturated rings. The van der Waals surface area contributed by atoms with Crippen molar-refractivity contribution in [1.29, 1.82) is 0 Å². The van der Waals surface area contributed by atoms with E-state index < -0.39 is 0 Å². The maximum absolute atomic E-state index is 5.40. The molecule has 90 valence electrons. The van der Waals surface area contributed by atoms with Crippen LogP contribution in [0.2, 0.25) is 0 Å². The van der Waals surface area contributed by atoms with E-state index in [2.05, 4.69) is 26.1 Å². The summed E-state index contributed by atoms with van der Waals surface area (Å²) in [7, 11) is 1.79. The fraction of sp³-hybridized carbons (Fsp3) is 1.00. The minimum atomic E-state index is 0.0163. The predicted molar refractivity (Wildman–Crippen MR) is 65.1 cm³/mol. The summed E-state index contributed by atoms with van der Waals surface area (Å²) in [5, 5.41) is 3.63. The molecule has 1 N–H and O–H groups in total. The first-order chi connectivity index (χ1) is 7.05. The van der Waals surface area contributed by atoms with E-state index in [0.29, 0.717) is 6.04 Å². The first-order valence-electron chi connectivity index (χ1n) is 6.34. The summed E-state index contributed by atoms with van der Waals surface area (Å²) in [5.41, 5.74) is 0.0163. The van der Waals surface area contributed by atoms with Crippen molar-refractivity contribution in [2.45, 2.75) is 64.5 Å². The molecule has 0 amide bonds. The second kappa shape index (κ2) is 5.86. The van der Waals surface area contributed by atoms with Gasteiger partial charge in [0.1, 0.15) is 0 Å². The summed E-state index contributed by atoms with van der Waals surface area (Å²) in [6, 6.07) is 0.681. The zero-order chi connectivity index (χ0) is 11.3. The van der Waals surface area contributed by atoms with E-state index in [9.17, 15) is 0 Å². The molecule has 0 spiro atoms. The van der Waals surface area contributed by atoms with Gasteiger partial charge in [0, 0.05) is 13.2 Å². The standard InChI is InChI=1S/C13H27NO/c1-11(12-7-5-6-8-12)14-10-9-13(2,3)15-4/h11-12,14H,5-10H2,1-4H3/t11-/m0/s1. The highest BCUT2D eigenvalue weighted by atomic mass is 16.5. The molecular weight excluding hydrogens is 186 g/mol. The highest BCUT2D eigenvalue weighted by Crippen LogP contribution is 2.27. The third-order valence-corrected chi connectivity index (χ3v) is 3.85. The smallest absolute Gasteiger partial charge is 0.0634 e. The van der Waals surface area contributed by atoms with E-state index in [1.165, 1.54) is 25.7 Å². The molecule has 0 aliphatic heterocycles. The zero-order valence-electron chi connectivity index (χ0n) is 10.8. The summed E-state index contributed by atoms with van der Waals surface area (Å²) in [4.78, 5) is 0. The lowest BCUT2D eigenvalue weighted by Crippen LogP contribution is -2.36. The van der Waals surface area contributed by atoms with Gasteiger partial charge >= 0.3 is 0 Å². The normalized spacial score (nSPS) is 20.8. The minimum absolute atomic E-state index is 0.0163. The van der Waals surface area contributed by atoms with E-state index in [1.807, 2.05) is 0 Å². The van der Waals surface area contributed by atoms with E-state index >= 15 is 0 Å². The topological polar surface area (TPSA) is 21.3 Å². The first-order valence-corrected chi connectivity index (χ1v) is 6.34. The quantitative estimate of drug-likeness (QED) is 0.732. The molecule has 0 radical (unpaired) electrons.